The molecule has 1 atom stereocenters. The summed E-state index contributed by atoms with van der Waals surface area (Å²) in [5, 5.41) is 0.644. The molecule has 100 valence electrons. The summed E-state index contributed by atoms with van der Waals surface area (Å²) in [6.07, 6.45) is 0.600. The summed E-state index contributed by atoms with van der Waals surface area (Å²) in [4.78, 5) is 0. The number of hydrogen-bond donors (Lipinski definition) is 2. The molecule has 0 spiro atoms. The predicted octanol–water partition coefficient (Wildman–Crippen LogP) is 3.99. The van der Waals surface area contributed by atoms with Crippen LogP contribution in [0, 0.1) is 5.82 Å². The largest absolute Gasteiger partial charge is 0.271 e. The fraction of sp³-hybridized carbons (Fsp3) is 0.143. The van der Waals surface area contributed by atoms with Gasteiger partial charge in [0.15, 0.2) is 0 Å². The molecule has 2 nitrogen and oxygen atoms in total. The Bertz CT molecular complexity index is 577. The molecule has 3 N–H and O–H groups in total. The van der Waals surface area contributed by atoms with Gasteiger partial charge in [-0.1, -0.05) is 29.8 Å². The van der Waals surface area contributed by atoms with Crippen LogP contribution in [0.1, 0.15) is 17.2 Å². The van der Waals surface area contributed by atoms with Crippen molar-refractivity contribution in [2.24, 2.45) is 5.84 Å². The third-order valence-electron chi connectivity index (χ3n) is 2.88. The molecular formula is C14H13BrClFN2. The average molecular weight is 344 g/mol. The highest BCUT2D eigenvalue weighted by Gasteiger charge is 2.12. The van der Waals surface area contributed by atoms with Gasteiger partial charge in [-0.2, -0.15) is 0 Å². The van der Waals surface area contributed by atoms with Crippen molar-refractivity contribution in [2.75, 3.05) is 0 Å². The van der Waals surface area contributed by atoms with E-state index in [-0.39, 0.29) is 11.9 Å². The fourth-order valence-electron chi connectivity index (χ4n) is 1.90. The Labute approximate surface area is 124 Å². The smallest absolute Gasteiger partial charge is 0.123 e. The van der Waals surface area contributed by atoms with Crippen molar-refractivity contribution < 1.29 is 4.39 Å². The number of hydrazine groups is 1. The van der Waals surface area contributed by atoms with Crippen molar-refractivity contribution in [3.05, 3.63) is 68.9 Å². The minimum Gasteiger partial charge on any atom is -0.271 e. The molecule has 0 fully saturated rings. The van der Waals surface area contributed by atoms with Crippen LogP contribution in [0.4, 0.5) is 4.39 Å². The standard InChI is InChI=1S/C14H13BrClFN2/c15-12-8-10(4-5-13(12)16)14(19-18)7-9-2-1-3-11(17)6-9/h1-6,8,14,19H,7,18H2. The highest BCUT2D eigenvalue weighted by Crippen LogP contribution is 2.27. The maximum atomic E-state index is 13.2. The summed E-state index contributed by atoms with van der Waals surface area (Å²) in [5.41, 5.74) is 4.62. The second kappa shape index (κ2) is 6.48. The lowest BCUT2D eigenvalue weighted by Gasteiger charge is -2.17. The molecule has 0 bridgehead atoms. The molecule has 0 saturated heterocycles. The first-order chi connectivity index (χ1) is 9.10. The maximum absolute atomic E-state index is 13.2. The highest BCUT2D eigenvalue weighted by atomic mass is 79.9. The van der Waals surface area contributed by atoms with Crippen LogP contribution in [0.2, 0.25) is 5.02 Å². The van der Waals surface area contributed by atoms with Crippen LogP contribution in [0.3, 0.4) is 0 Å². The van der Waals surface area contributed by atoms with E-state index in [0.29, 0.717) is 11.4 Å². The number of benzene rings is 2. The van der Waals surface area contributed by atoms with Gasteiger partial charge in [-0.05, 0) is 57.7 Å². The third-order valence-corrected chi connectivity index (χ3v) is 4.09. The van der Waals surface area contributed by atoms with Gasteiger partial charge in [0.25, 0.3) is 0 Å². The lowest BCUT2D eigenvalue weighted by atomic mass is 9.99. The zero-order valence-corrected chi connectivity index (χ0v) is 12.4. The molecule has 0 aromatic heterocycles. The monoisotopic (exact) mass is 342 g/mol. The summed E-state index contributed by atoms with van der Waals surface area (Å²) in [5.74, 6) is 5.34. The van der Waals surface area contributed by atoms with E-state index in [2.05, 4.69) is 21.4 Å². The average Bonchev–Trinajstić information content (AvgIpc) is 2.39. The van der Waals surface area contributed by atoms with Crippen LogP contribution in [0.15, 0.2) is 46.9 Å². The van der Waals surface area contributed by atoms with Gasteiger partial charge in [-0.15, -0.1) is 0 Å². The van der Waals surface area contributed by atoms with Crippen molar-refractivity contribution in [1.82, 2.24) is 5.43 Å². The number of nitrogens with one attached hydrogen (secondary N) is 1. The first kappa shape index (κ1) is 14.5. The van der Waals surface area contributed by atoms with Crippen molar-refractivity contribution in [2.45, 2.75) is 12.5 Å². The van der Waals surface area contributed by atoms with Crippen LogP contribution in [0.5, 0.6) is 0 Å². The van der Waals surface area contributed by atoms with Gasteiger partial charge in [-0.3, -0.25) is 11.3 Å². The molecule has 2 aromatic rings. The van der Waals surface area contributed by atoms with E-state index in [4.69, 9.17) is 17.4 Å². The summed E-state index contributed by atoms with van der Waals surface area (Å²) in [6, 6.07) is 12.0. The van der Waals surface area contributed by atoms with E-state index in [0.717, 1.165) is 15.6 Å². The first-order valence-corrected chi connectivity index (χ1v) is 6.93. The van der Waals surface area contributed by atoms with Gasteiger partial charge >= 0.3 is 0 Å². The van der Waals surface area contributed by atoms with Gasteiger partial charge in [0.05, 0.1) is 11.1 Å². The van der Waals surface area contributed by atoms with Crippen molar-refractivity contribution in [3.63, 3.8) is 0 Å². The molecular weight excluding hydrogens is 331 g/mol. The minimum atomic E-state index is -0.245. The number of halogens is 3. The predicted molar refractivity (Wildman–Crippen MR) is 79.3 cm³/mol. The van der Waals surface area contributed by atoms with Crippen LogP contribution in [0.25, 0.3) is 0 Å². The normalized spacial score (nSPS) is 12.4. The highest BCUT2D eigenvalue weighted by molar-refractivity contribution is 9.10. The number of rotatable bonds is 4. The molecule has 0 aliphatic heterocycles. The SMILES string of the molecule is NNC(Cc1cccc(F)c1)c1ccc(Cl)c(Br)c1. The van der Waals surface area contributed by atoms with E-state index in [1.165, 1.54) is 12.1 Å². The maximum Gasteiger partial charge on any atom is 0.123 e. The summed E-state index contributed by atoms with van der Waals surface area (Å²) in [6.45, 7) is 0. The van der Waals surface area contributed by atoms with Crippen molar-refractivity contribution >= 4 is 27.5 Å². The lowest BCUT2D eigenvalue weighted by Crippen LogP contribution is -2.29. The Kier molecular flexibility index (Phi) is 4.93. The van der Waals surface area contributed by atoms with E-state index in [9.17, 15) is 4.39 Å². The summed E-state index contributed by atoms with van der Waals surface area (Å²) >= 11 is 9.34. The van der Waals surface area contributed by atoms with Gasteiger partial charge < -0.3 is 0 Å². The molecule has 2 aromatic carbocycles. The Hall–Kier alpha value is -0.940. The molecule has 5 heteroatoms. The molecule has 0 aliphatic carbocycles. The van der Waals surface area contributed by atoms with Crippen molar-refractivity contribution in [1.29, 1.82) is 0 Å². The van der Waals surface area contributed by atoms with Gasteiger partial charge in [0.2, 0.25) is 0 Å². The third kappa shape index (κ3) is 3.76. The van der Waals surface area contributed by atoms with Crippen molar-refractivity contribution in [3.8, 4) is 0 Å². The van der Waals surface area contributed by atoms with Crippen LogP contribution in [-0.2, 0) is 6.42 Å². The van der Waals surface area contributed by atoms with Crippen LogP contribution < -0.4 is 11.3 Å². The minimum absolute atomic E-state index is 0.102. The zero-order valence-electron chi connectivity index (χ0n) is 10.0. The topological polar surface area (TPSA) is 38.0 Å². The van der Waals surface area contributed by atoms with Gasteiger partial charge in [0.1, 0.15) is 5.82 Å². The number of hydrogen-bond acceptors (Lipinski definition) is 2. The first-order valence-electron chi connectivity index (χ1n) is 5.75. The second-order valence-electron chi connectivity index (χ2n) is 4.23. The zero-order chi connectivity index (χ0) is 13.8. The summed E-state index contributed by atoms with van der Waals surface area (Å²) < 4.78 is 14.0. The van der Waals surface area contributed by atoms with Gasteiger partial charge in [0, 0.05) is 4.47 Å². The molecule has 0 aliphatic rings. The molecule has 0 radical (unpaired) electrons. The van der Waals surface area contributed by atoms with E-state index >= 15 is 0 Å². The Morgan fingerprint density at radius 2 is 2.05 bits per heavy atom. The molecule has 19 heavy (non-hydrogen) atoms. The lowest BCUT2D eigenvalue weighted by molar-refractivity contribution is 0.548. The van der Waals surface area contributed by atoms with E-state index < -0.39 is 0 Å². The Morgan fingerprint density at radius 1 is 1.26 bits per heavy atom. The molecule has 1 unspecified atom stereocenters. The number of nitrogens with two attached hydrogens (primary N) is 1. The Morgan fingerprint density at radius 3 is 2.68 bits per heavy atom. The molecule has 0 amide bonds. The van der Waals surface area contributed by atoms with E-state index in [1.807, 2.05) is 18.2 Å². The quantitative estimate of drug-likeness (QED) is 0.651. The summed E-state index contributed by atoms with van der Waals surface area (Å²) in [7, 11) is 0. The Balaban J connectivity index is 2.22. The fourth-order valence-corrected chi connectivity index (χ4v) is 2.42. The molecule has 0 saturated carbocycles. The molecule has 2 rings (SSSR count). The van der Waals surface area contributed by atoms with E-state index in [1.54, 1.807) is 12.1 Å². The van der Waals surface area contributed by atoms with Crippen LogP contribution in [-0.4, -0.2) is 0 Å². The van der Waals surface area contributed by atoms with Gasteiger partial charge in [-0.25, -0.2) is 4.39 Å². The molecule has 0 heterocycles. The van der Waals surface area contributed by atoms with Crippen LogP contribution >= 0.6 is 27.5 Å². The second-order valence-corrected chi connectivity index (χ2v) is 5.49.